The average molecular weight is 383 g/mol. The van der Waals surface area contributed by atoms with Gasteiger partial charge in [-0.3, -0.25) is 4.79 Å². The molecule has 2 aromatic rings. The van der Waals surface area contributed by atoms with E-state index in [1.165, 1.54) is 14.2 Å². The molecular formula is C21H25N3O4. The van der Waals surface area contributed by atoms with Gasteiger partial charge < -0.3 is 25.0 Å². The van der Waals surface area contributed by atoms with Crippen molar-refractivity contribution in [2.45, 2.75) is 25.8 Å². The second-order valence-electron chi connectivity index (χ2n) is 6.68. The molecular weight excluding hydrogens is 358 g/mol. The number of nitrogens with zero attached hydrogens (tertiary/aromatic N) is 1. The smallest absolute Gasteiger partial charge is 0.322 e. The fourth-order valence-electron chi connectivity index (χ4n) is 3.38. The molecule has 3 amide bonds. The van der Waals surface area contributed by atoms with Gasteiger partial charge in [0.2, 0.25) is 5.91 Å². The lowest BCUT2D eigenvalue weighted by molar-refractivity contribution is -0.119. The van der Waals surface area contributed by atoms with E-state index in [1.807, 2.05) is 31.2 Å². The highest BCUT2D eigenvalue weighted by Gasteiger charge is 2.35. The molecule has 1 aliphatic rings. The number of hydrogen-bond donors (Lipinski definition) is 2. The number of hydrogen-bond acceptors (Lipinski definition) is 4. The third kappa shape index (κ3) is 4.19. The van der Waals surface area contributed by atoms with Crippen molar-refractivity contribution < 1.29 is 19.1 Å². The zero-order valence-electron chi connectivity index (χ0n) is 16.3. The molecule has 7 heteroatoms. The van der Waals surface area contributed by atoms with E-state index in [2.05, 4.69) is 10.6 Å². The van der Waals surface area contributed by atoms with Crippen molar-refractivity contribution in [1.29, 1.82) is 0 Å². The summed E-state index contributed by atoms with van der Waals surface area (Å²) >= 11 is 0. The molecule has 2 aromatic carbocycles. The fraction of sp³-hybridized carbons (Fsp3) is 0.333. The van der Waals surface area contributed by atoms with E-state index < -0.39 is 6.04 Å². The Morgan fingerprint density at radius 1 is 1.04 bits per heavy atom. The zero-order chi connectivity index (χ0) is 20.1. The van der Waals surface area contributed by atoms with Crippen LogP contribution < -0.4 is 20.1 Å². The number of benzene rings is 2. The van der Waals surface area contributed by atoms with Gasteiger partial charge in [-0.05, 0) is 49.6 Å². The summed E-state index contributed by atoms with van der Waals surface area (Å²) in [7, 11) is 3.06. The third-order valence-corrected chi connectivity index (χ3v) is 4.76. The molecule has 0 aliphatic carbocycles. The van der Waals surface area contributed by atoms with Crippen LogP contribution in [0.4, 0.5) is 16.2 Å². The summed E-state index contributed by atoms with van der Waals surface area (Å²) in [6.45, 7) is 2.49. The van der Waals surface area contributed by atoms with Gasteiger partial charge in [-0.1, -0.05) is 18.2 Å². The first-order valence-electron chi connectivity index (χ1n) is 9.19. The Morgan fingerprint density at radius 3 is 2.36 bits per heavy atom. The number of amides is 3. The molecule has 2 N–H and O–H groups in total. The molecule has 7 nitrogen and oxygen atoms in total. The van der Waals surface area contributed by atoms with E-state index in [0.717, 1.165) is 12.0 Å². The maximum atomic E-state index is 12.9. The quantitative estimate of drug-likeness (QED) is 0.826. The zero-order valence-corrected chi connectivity index (χ0v) is 16.3. The van der Waals surface area contributed by atoms with Crippen LogP contribution in [-0.2, 0) is 4.79 Å². The van der Waals surface area contributed by atoms with E-state index >= 15 is 0 Å². The molecule has 3 rings (SSSR count). The number of para-hydroxylation sites is 1. The normalized spacial score (nSPS) is 15.8. The number of nitrogens with one attached hydrogen (secondary N) is 2. The predicted octanol–water partition coefficient (Wildman–Crippen LogP) is 3.65. The predicted molar refractivity (Wildman–Crippen MR) is 108 cm³/mol. The second-order valence-corrected chi connectivity index (χ2v) is 6.68. The van der Waals surface area contributed by atoms with Gasteiger partial charge >= 0.3 is 6.03 Å². The molecule has 28 heavy (non-hydrogen) atoms. The topological polar surface area (TPSA) is 79.9 Å². The van der Waals surface area contributed by atoms with Gasteiger partial charge in [-0.25, -0.2) is 4.79 Å². The van der Waals surface area contributed by atoms with Crippen molar-refractivity contribution >= 4 is 23.3 Å². The molecule has 148 valence electrons. The monoisotopic (exact) mass is 383 g/mol. The van der Waals surface area contributed by atoms with Gasteiger partial charge in [0.15, 0.2) is 0 Å². The van der Waals surface area contributed by atoms with Crippen LogP contribution in [0.1, 0.15) is 18.4 Å². The number of anilines is 2. The number of aryl methyl sites for hydroxylation is 1. The Hall–Kier alpha value is -3.22. The van der Waals surface area contributed by atoms with Crippen molar-refractivity contribution in [3.8, 4) is 11.5 Å². The number of urea groups is 1. The lowest BCUT2D eigenvalue weighted by Gasteiger charge is -2.25. The van der Waals surface area contributed by atoms with E-state index in [4.69, 9.17) is 9.47 Å². The van der Waals surface area contributed by atoms with E-state index in [0.29, 0.717) is 35.8 Å². The van der Waals surface area contributed by atoms with Gasteiger partial charge in [-0.2, -0.15) is 0 Å². The van der Waals surface area contributed by atoms with Crippen molar-refractivity contribution in [2.75, 3.05) is 31.4 Å². The van der Waals surface area contributed by atoms with Crippen molar-refractivity contribution in [3.05, 3.63) is 48.0 Å². The van der Waals surface area contributed by atoms with Crippen LogP contribution in [0.3, 0.4) is 0 Å². The first kappa shape index (κ1) is 19.5. The van der Waals surface area contributed by atoms with E-state index in [1.54, 1.807) is 23.1 Å². The fourth-order valence-corrected chi connectivity index (χ4v) is 3.38. The molecule has 0 aromatic heterocycles. The minimum atomic E-state index is -0.556. The van der Waals surface area contributed by atoms with Crippen LogP contribution in [0.25, 0.3) is 0 Å². The minimum Gasteiger partial charge on any atom is -0.494 e. The lowest BCUT2D eigenvalue weighted by Crippen LogP contribution is -2.45. The highest BCUT2D eigenvalue weighted by Crippen LogP contribution is 2.35. The van der Waals surface area contributed by atoms with Crippen LogP contribution in [0, 0.1) is 6.92 Å². The highest BCUT2D eigenvalue weighted by molar-refractivity contribution is 6.01. The average Bonchev–Trinajstić information content (AvgIpc) is 3.18. The summed E-state index contributed by atoms with van der Waals surface area (Å²) in [6.07, 6.45) is 1.37. The molecule has 0 radical (unpaired) electrons. The Labute approximate surface area is 164 Å². The minimum absolute atomic E-state index is 0.264. The molecule has 0 bridgehead atoms. The summed E-state index contributed by atoms with van der Waals surface area (Å²) in [5.41, 5.74) is 2.22. The number of methoxy groups -OCH3 is 2. The summed E-state index contributed by atoms with van der Waals surface area (Å²) in [6, 6.07) is 12.0. The summed E-state index contributed by atoms with van der Waals surface area (Å²) in [4.78, 5) is 27.2. The molecule has 1 saturated heterocycles. The van der Waals surface area contributed by atoms with Gasteiger partial charge in [0.05, 0.1) is 14.2 Å². The molecule has 1 aliphatic heterocycles. The Morgan fingerprint density at radius 2 is 1.71 bits per heavy atom. The number of likely N-dealkylation sites (tertiary alicyclic amines) is 1. The van der Waals surface area contributed by atoms with Crippen molar-refractivity contribution in [1.82, 2.24) is 4.90 Å². The van der Waals surface area contributed by atoms with Crippen LogP contribution in [0.5, 0.6) is 11.5 Å². The lowest BCUT2D eigenvalue weighted by atomic mass is 10.2. The number of carbonyl (C=O) groups is 2. The second kappa shape index (κ2) is 8.65. The standard InChI is InChI=1S/C21H25N3O4/c1-14-7-4-8-15(13-14)22-21(26)24-12-6-9-16(24)20(25)23-19-17(27-2)10-5-11-18(19)28-3/h4-5,7-8,10-11,13,16H,6,9,12H2,1-3H3,(H,22,26)(H,23,25)/t16-/m1/s1. The van der Waals surface area contributed by atoms with Gasteiger partial charge in [0, 0.05) is 12.2 Å². The number of carbonyl (C=O) groups excluding carboxylic acids is 2. The summed E-state index contributed by atoms with van der Waals surface area (Å²) in [5, 5.41) is 5.75. The van der Waals surface area contributed by atoms with E-state index in [9.17, 15) is 9.59 Å². The Balaban J connectivity index is 1.74. The van der Waals surface area contributed by atoms with Crippen LogP contribution >= 0.6 is 0 Å². The summed E-state index contributed by atoms with van der Waals surface area (Å²) < 4.78 is 10.7. The maximum Gasteiger partial charge on any atom is 0.322 e. The van der Waals surface area contributed by atoms with Crippen molar-refractivity contribution in [3.63, 3.8) is 0 Å². The van der Waals surface area contributed by atoms with Gasteiger partial charge in [0.1, 0.15) is 23.2 Å². The summed E-state index contributed by atoms with van der Waals surface area (Å²) in [5.74, 6) is 0.739. The number of ether oxygens (including phenoxy) is 2. The molecule has 1 atom stereocenters. The van der Waals surface area contributed by atoms with Gasteiger partial charge in [0.25, 0.3) is 0 Å². The van der Waals surface area contributed by atoms with Crippen LogP contribution in [-0.4, -0.2) is 43.6 Å². The first-order chi connectivity index (χ1) is 13.5. The molecule has 0 saturated carbocycles. The first-order valence-corrected chi connectivity index (χ1v) is 9.19. The van der Waals surface area contributed by atoms with Gasteiger partial charge in [-0.15, -0.1) is 0 Å². The SMILES string of the molecule is COc1cccc(OC)c1NC(=O)[C@H]1CCCN1C(=O)Nc1cccc(C)c1. The molecule has 1 fully saturated rings. The third-order valence-electron chi connectivity index (χ3n) is 4.76. The molecule has 1 heterocycles. The Bertz CT molecular complexity index is 846. The van der Waals surface area contributed by atoms with E-state index in [-0.39, 0.29) is 11.9 Å². The molecule has 0 spiro atoms. The van der Waals surface area contributed by atoms with Crippen molar-refractivity contribution in [2.24, 2.45) is 0 Å². The highest BCUT2D eigenvalue weighted by atomic mass is 16.5. The van der Waals surface area contributed by atoms with Crippen LogP contribution in [0.2, 0.25) is 0 Å². The maximum absolute atomic E-state index is 12.9. The Kier molecular flexibility index (Phi) is 6.03. The van der Waals surface area contributed by atoms with Crippen LogP contribution in [0.15, 0.2) is 42.5 Å². The largest absolute Gasteiger partial charge is 0.494 e. The number of rotatable bonds is 5. The molecule has 0 unspecified atom stereocenters.